The monoisotopic (exact) mass is 508 g/mol. The Morgan fingerprint density at radius 2 is 1.76 bits per heavy atom. The molecule has 4 aliphatic carbocycles. The highest BCUT2D eigenvalue weighted by atomic mass is 16.5. The van der Waals surface area contributed by atoms with Gasteiger partial charge in [0, 0.05) is 5.41 Å². The number of phenolic OH excluding ortho intramolecular Hbond substituents is 1. The Bertz CT molecular complexity index is 954. The molecular weight excluding hydrogens is 456 g/mol. The van der Waals surface area contributed by atoms with E-state index in [1.54, 1.807) is 24.3 Å². The van der Waals surface area contributed by atoms with E-state index >= 15 is 0 Å². The molecule has 1 aromatic rings. The quantitative estimate of drug-likeness (QED) is 0.374. The Hall–Kier alpha value is -1.51. The van der Waals surface area contributed by atoms with E-state index in [4.69, 9.17) is 4.74 Å². The minimum Gasteiger partial charge on any atom is -0.507 e. The molecule has 0 heterocycles. The van der Waals surface area contributed by atoms with E-state index in [2.05, 4.69) is 34.6 Å². The smallest absolute Gasteiger partial charge is 0.342 e. The molecule has 2 unspecified atom stereocenters. The fourth-order valence-electron chi connectivity index (χ4n) is 10.3. The number of carbonyl (C=O) groups excluding carboxylic acids is 1. The third kappa shape index (κ3) is 4.76. The minimum absolute atomic E-state index is 0.0273. The Balaban J connectivity index is 1.34. The second-order valence-electron chi connectivity index (χ2n) is 14.4. The van der Waals surface area contributed by atoms with Gasteiger partial charge >= 0.3 is 5.97 Å². The number of phenols is 1. The summed E-state index contributed by atoms with van der Waals surface area (Å²) in [6, 6.07) is 6.84. The van der Waals surface area contributed by atoms with E-state index in [9.17, 15) is 9.90 Å². The van der Waals surface area contributed by atoms with Crippen LogP contribution in [0.3, 0.4) is 0 Å². The standard InChI is InChI=1S/C34H52O3/c1-22(2)10-8-11-23(3)27-18-19-28-25-17-16-24-12-9-15-31(34(24,5)29(25)20-21-33(27,28)4)37-32(36)26-13-6-7-14-30(26)35/h6-7,13-14,22-25,27-29,31,35H,8-12,15-21H2,1-5H3/t23-,24?,25+,27-,28+,29+,31?,33-,34+/m1/s1. The number of carbonyl (C=O) groups is 1. The average molecular weight is 509 g/mol. The van der Waals surface area contributed by atoms with Gasteiger partial charge in [0.1, 0.15) is 17.4 Å². The zero-order chi connectivity index (χ0) is 26.4. The zero-order valence-electron chi connectivity index (χ0n) is 24.2. The number of para-hydroxylation sites is 1. The molecule has 1 N–H and O–H groups in total. The molecule has 0 amide bonds. The highest BCUT2D eigenvalue weighted by Gasteiger charge is 2.62. The topological polar surface area (TPSA) is 46.5 Å². The van der Waals surface area contributed by atoms with Gasteiger partial charge in [0.15, 0.2) is 0 Å². The first kappa shape index (κ1) is 27.1. The molecule has 3 nitrogen and oxygen atoms in total. The van der Waals surface area contributed by atoms with Crippen LogP contribution in [-0.4, -0.2) is 17.2 Å². The third-order valence-corrected chi connectivity index (χ3v) is 12.3. The number of esters is 1. The summed E-state index contributed by atoms with van der Waals surface area (Å²) in [5, 5.41) is 10.3. The lowest BCUT2D eigenvalue weighted by Crippen LogP contribution is -2.58. The van der Waals surface area contributed by atoms with Crippen LogP contribution in [0.2, 0.25) is 0 Å². The van der Waals surface area contributed by atoms with Crippen LogP contribution >= 0.6 is 0 Å². The van der Waals surface area contributed by atoms with Gasteiger partial charge < -0.3 is 9.84 Å². The fraction of sp³-hybridized carbons (Fsp3) is 0.794. The average Bonchev–Trinajstić information content (AvgIpc) is 3.22. The van der Waals surface area contributed by atoms with E-state index in [0.717, 1.165) is 42.4 Å². The zero-order valence-corrected chi connectivity index (χ0v) is 24.2. The molecule has 0 spiro atoms. The molecule has 4 saturated carbocycles. The van der Waals surface area contributed by atoms with Crippen molar-refractivity contribution in [3.8, 4) is 5.75 Å². The van der Waals surface area contributed by atoms with Crippen molar-refractivity contribution < 1.29 is 14.6 Å². The molecule has 0 radical (unpaired) electrons. The van der Waals surface area contributed by atoms with Crippen LogP contribution in [0.15, 0.2) is 24.3 Å². The molecule has 9 atom stereocenters. The molecule has 0 aromatic heterocycles. The van der Waals surface area contributed by atoms with Crippen LogP contribution in [0.25, 0.3) is 0 Å². The van der Waals surface area contributed by atoms with Crippen molar-refractivity contribution in [2.45, 2.75) is 118 Å². The highest BCUT2D eigenvalue weighted by Crippen LogP contribution is 2.68. The number of benzene rings is 1. The predicted octanol–water partition coefficient (Wildman–Crippen LogP) is 9.04. The second kappa shape index (κ2) is 10.6. The van der Waals surface area contributed by atoms with Gasteiger partial charge in [-0.25, -0.2) is 4.79 Å². The number of ether oxygens (including phenoxy) is 1. The number of aromatic hydroxyl groups is 1. The Kier molecular flexibility index (Phi) is 7.74. The van der Waals surface area contributed by atoms with Crippen molar-refractivity contribution in [1.82, 2.24) is 0 Å². The summed E-state index contributed by atoms with van der Waals surface area (Å²) in [7, 11) is 0. The van der Waals surface area contributed by atoms with Gasteiger partial charge in [-0.15, -0.1) is 0 Å². The maximum absolute atomic E-state index is 13.2. The normalized spacial score (nSPS) is 39.9. The molecule has 206 valence electrons. The van der Waals surface area contributed by atoms with Crippen molar-refractivity contribution in [3.05, 3.63) is 29.8 Å². The van der Waals surface area contributed by atoms with Gasteiger partial charge in [-0.2, -0.15) is 0 Å². The molecule has 1 aromatic carbocycles. The number of hydrogen-bond acceptors (Lipinski definition) is 3. The highest BCUT2D eigenvalue weighted by molar-refractivity contribution is 5.92. The van der Waals surface area contributed by atoms with Crippen LogP contribution < -0.4 is 0 Å². The van der Waals surface area contributed by atoms with Crippen LogP contribution in [0.1, 0.15) is 122 Å². The Morgan fingerprint density at radius 3 is 2.51 bits per heavy atom. The second-order valence-corrected chi connectivity index (χ2v) is 14.4. The molecular formula is C34H52O3. The first-order valence-electron chi connectivity index (χ1n) is 15.6. The third-order valence-electron chi connectivity index (χ3n) is 12.3. The van der Waals surface area contributed by atoms with Crippen molar-refractivity contribution in [3.63, 3.8) is 0 Å². The lowest BCUT2D eigenvalue weighted by Gasteiger charge is -2.62. The maximum atomic E-state index is 13.2. The van der Waals surface area contributed by atoms with Gasteiger partial charge in [-0.3, -0.25) is 0 Å². The van der Waals surface area contributed by atoms with E-state index in [1.165, 1.54) is 64.2 Å². The molecule has 0 saturated heterocycles. The molecule has 37 heavy (non-hydrogen) atoms. The predicted molar refractivity (Wildman–Crippen MR) is 150 cm³/mol. The lowest BCUT2D eigenvalue weighted by molar-refractivity contribution is -0.166. The molecule has 4 fully saturated rings. The van der Waals surface area contributed by atoms with Gasteiger partial charge in [-0.05, 0) is 117 Å². The van der Waals surface area contributed by atoms with Crippen LogP contribution in [0.5, 0.6) is 5.75 Å². The van der Waals surface area contributed by atoms with Gasteiger partial charge in [0.25, 0.3) is 0 Å². The van der Waals surface area contributed by atoms with Crippen molar-refractivity contribution >= 4 is 5.97 Å². The van der Waals surface area contributed by atoms with Crippen LogP contribution in [-0.2, 0) is 4.74 Å². The maximum Gasteiger partial charge on any atom is 0.342 e. The summed E-state index contributed by atoms with van der Waals surface area (Å²) in [5.74, 6) is 5.12. The number of hydrogen-bond donors (Lipinski definition) is 1. The summed E-state index contributed by atoms with van der Waals surface area (Å²) < 4.78 is 6.34. The van der Waals surface area contributed by atoms with Crippen molar-refractivity contribution in [2.24, 2.45) is 52.3 Å². The summed E-state index contributed by atoms with van der Waals surface area (Å²) in [6.07, 6.45) is 15.6. The Morgan fingerprint density at radius 1 is 0.973 bits per heavy atom. The van der Waals surface area contributed by atoms with Crippen molar-refractivity contribution in [1.29, 1.82) is 0 Å². The van der Waals surface area contributed by atoms with Gasteiger partial charge in [0.05, 0.1) is 0 Å². The van der Waals surface area contributed by atoms with Crippen molar-refractivity contribution in [2.75, 3.05) is 0 Å². The number of fused-ring (bicyclic) bond motifs is 5. The molecule has 5 rings (SSSR count). The first-order chi connectivity index (χ1) is 17.7. The molecule has 4 aliphatic rings. The van der Waals surface area contributed by atoms with Gasteiger partial charge in [0.2, 0.25) is 0 Å². The van der Waals surface area contributed by atoms with E-state index in [1.807, 2.05) is 0 Å². The molecule has 0 bridgehead atoms. The SMILES string of the molecule is CC(C)CCC[C@@H](C)[C@H]1CC[C@H]2[C@@H]3CCC4CCCC(OC(=O)c5ccccc5O)[C@]4(C)[C@H]3CC[C@]12C. The lowest BCUT2D eigenvalue weighted by atomic mass is 9.44. The van der Waals surface area contributed by atoms with Crippen LogP contribution in [0.4, 0.5) is 0 Å². The largest absolute Gasteiger partial charge is 0.507 e. The van der Waals surface area contributed by atoms with E-state index < -0.39 is 0 Å². The Labute approximate surface area is 226 Å². The summed E-state index contributed by atoms with van der Waals surface area (Å²) in [6.45, 7) is 12.4. The van der Waals surface area contributed by atoms with E-state index in [-0.39, 0.29) is 23.2 Å². The summed E-state index contributed by atoms with van der Waals surface area (Å²) in [5.41, 5.74) is 0.851. The summed E-state index contributed by atoms with van der Waals surface area (Å²) in [4.78, 5) is 13.2. The first-order valence-corrected chi connectivity index (χ1v) is 15.6. The minimum atomic E-state index is -0.344. The molecule has 3 heteroatoms. The fourth-order valence-corrected chi connectivity index (χ4v) is 10.3. The van der Waals surface area contributed by atoms with Crippen LogP contribution in [0, 0.1) is 52.3 Å². The van der Waals surface area contributed by atoms with Gasteiger partial charge in [-0.1, -0.05) is 66.0 Å². The number of rotatable bonds is 7. The molecule has 0 aliphatic heterocycles. The van der Waals surface area contributed by atoms with E-state index in [0.29, 0.717) is 22.8 Å². The summed E-state index contributed by atoms with van der Waals surface area (Å²) >= 11 is 0.